The van der Waals surface area contributed by atoms with E-state index in [0.717, 1.165) is 0 Å². The molecule has 0 saturated carbocycles. The van der Waals surface area contributed by atoms with Crippen molar-refractivity contribution < 1.29 is 9.53 Å². The van der Waals surface area contributed by atoms with Crippen LogP contribution in [0.5, 0.6) is 0 Å². The largest absolute Gasteiger partial charge is 0.460 e. The van der Waals surface area contributed by atoms with Gasteiger partial charge in [0.25, 0.3) is 0 Å². The van der Waals surface area contributed by atoms with E-state index in [1.54, 1.807) is 6.92 Å². The van der Waals surface area contributed by atoms with Gasteiger partial charge < -0.3 is 4.74 Å². The second-order valence-corrected chi connectivity index (χ2v) is 2.84. The number of esters is 1. The minimum Gasteiger partial charge on any atom is -0.460 e. The normalized spacial score (nSPS) is 11.2. The zero-order valence-electron chi connectivity index (χ0n) is 6.94. The van der Waals surface area contributed by atoms with Crippen LogP contribution in [-0.4, -0.2) is 11.6 Å². The zero-order chi connectivity index (χ0) is 8.20. The fourth-order valence-corrected chi connectivity index (χ4v) is 0.431. The van der Waals surface area contributed by atoms with E-state index in [-0.39, 0.29) is 5.97 Å². The van der Waals surface area contributed by atoms with E-state index in [0.29, 0.717) is 12.8 Å². The van der Waals surface area contributed by atoms with E-state index in [1.165, 1.54) is 0 Å². The van der Waals surface area contributed by atoms with Crippen molar-refractivity contribution in [1.29, 1.82) is 0 Å². The molecule has 0 aromatic heterocycles. The molecule has 0 unspecified atom stereocenters. The van der Waals surface area contributed by atoms with E-state index in [4.69, 9.17) is 4.74 Å². The number of hydrogen-bond acceptors (Lipinski definition) is 2. The molecule has 59 valence electrons. The van der Waals surface area contributed by atoms with Crippen molar-refractivity contribution in [2.24, 2.45) is 0 Å². The van der Waals surface area contributed by atoms with Crippen molar-refractivity contribution in [2.45, 2.75) is 39.2 Å². The average Bonchev–Trinajstić information content (AvgIpc) is 1.87. The maximum Gasteiger partial charge on any atom is 0.306 e. The van der Waals surface area contributed by atoms with E-state index in [2.05, 4.69) is 6.92 Å². The molecule has 0 bridgehead atoms. The molecule has 0 aliphatic rings. The van der Waals surface area contributed by atoms with Gasteiger partial charge in [-0.05, 0) is 27.2 Å². The van der Waals surface area contributed by atoms with Gasteiger partial charge in [-0.1, -0.05) is 6.92 Å². The van der Waals surface area contributed by atoms with Crippen LogP contribution in [0.4, 0.5) is 0 Å². The second-order valence-electron chi connectivity index (χ2n) is 2.84. The molecule has 0 heterocycles. The highest BCUT2D eigenvalue weighted by molar-refractivity contribution is 5.69. The lowest BCUT2D eigenvalue weighted by atomic mass is 10.1. The summed E-state index contributed by atoms with van der Waals surface area (Å²) >= 11 is 0. The monoisotopic (exact) mass is 143 g/mol. The topological polar surface area (TPSA) is 26.3 Å². The van der Waals surface area contributed by atoms with Gasteiger partial charge >= 0.3 is 5.97 Å². The van der Waals surface area contributed by atoms with Crippen LogP contribution in [0.2, 0.25) is 0 Å². The van der Waals surface area contributed by atoms with Crippen molar-refractivity contribution in [3.8, 4) is 0 Å². The molecule has 0 atom stereocenters. The molecule has 0 aliphatic carbocycles. The predicted octanol–water partition coefficient (Wildman–Crippen LogP) is 1.94. The molecule has 0 saturated heterocycles. The second kappa shape index (κ2) is 3.59. The van der Waals surface area contributed by atoms with Crippen molar-refractivity contribution in [3.05, 3.63) is 6.92 Å². The molecule has 1 radical (unpaired) electrons. The maximum atomic E-state index is 10.7. The van der Waals surface area contributed by atoms with Crippen LogP contribution < -0.4 is 0 Å². The van der Waals surface area contributed by atoms with Crippen molar-refractivity contribution >= 4 is 5.97 Å². The third-order valence-electron chi connectivity index (χ3n) is 1.28. The van der Waals surface area contributed by atoms with Gasteiger partial charge in [-0.3, -0.25) is 4.79 Å². The molecule has 0 amide bonds. The lowest BCUT2D eigenvalue weighted by Crippen LogP contribution is -2.26. The van der Waals surface area contributed by atoms with Gasteiger partial charge in [0.1, 0.15) is 5.60 Å². The van der Waals surface area contributed by atoms with Crippen molar-refractivity contribution in [3.63, 3.8) is 0 Å². The first-order chi connectivity index (χ1) is 4.52. The SMILES string of the molecule is [CH2]CC(C)(C)OC(=O)CC. The summed E-state index contributed by atoms with van der Waals surface area (Å²) in [5.41, 5.74) is -0.396. The highest BCUT2D eigenvalue weighted by atomic mass is 16.6. The van der Waals surface area contributed by atoms with Gasteiger partial charge in [0.15, 0.2) is 0 Å². The highest BCUT2D eigenvalue weighted by Crippen LogP contribution is 2.13. The molecule has 2 heteroatoms. The Kier molecular flexibility index (Phi) is 3.40. The fourth-order valence-electron chi connectivity index (χ4n) is 0.431. The van der Waals surface area contributed by atoms with Crippen LogP contribution in [0.3, 0.4) is 0 Å². The van der Waals surface area contributed by atoms with Crippen LogP contribution in [0.1, 0.15) is 33.6 Å². The molecule has 0 N–H and O–H groups in total. The number of hydrogen-bond donors (Lipinski definition) is 0. The third kappa shape index (κ3) is 3.49. The Morgan fingerprint density at radius 1 is 1.60 bits per heavy atom. The van der Waals surface area contributed by atoms with Gasteiger partial charge in [-0.2, -0.15) is 0 Å². The molecular weight excluding hydrogens is 128 g/mol. The van der Waals surface area contributed by atoms with Crippen LogP contribution in [0.25, 0.3) is 0 Å². The van der Waals surface area contributed by atoms with Crippen LogP contribution >= 0.6 is 0 Å². The van der Waals surface area contributed by atoms with E-state index < -0.39 is 5.60 Å². The molecular formula is C8H15O2. The van der Waals surface area contributed by atoms with Crippen molar-refractivity contribution in [1.82, 2.24) is 0 Å². The lowest BCUT2D eigenvalue weighted by molar-refractivity contribution is -0.155. The van der Waals surface area contributed by atoms with Gasteiger partial charge in [0, 0.05) is 6.42 Å². The van der Waals surface area contributed by atoms with Crippen LogP contribution in [0.15, 0.2) is 0 Å². The molecule has 0 aliphatic heterocycles. The number of rotatable bonds is 3. The molecule has 0 aromatic rings. The fraction of sp³-hybridized carbons (Fsp3) is 0.750. The summed E-state index contributed by atoms with van der Waals surface area (Å²) in [5, 5.41) is 0. The first kappa shape index (κ1) is 9.47. The Balaban J connectivity index is 3.76. The Hall–Kier alpha value is -0.530. The van der Waals surface area contributed by atoms with Gasteiger partial charge in [-0.25, -0.2) is 0 Å². The lowest BCUT2D eigenvalue weighted by Gasteiger charge is -2.22. The molecule has 2 nitrogen and oxygen atoms in total. The summed E-state index contributed by atoms with van der Waals surface area (Å²) in [6.07, 6.45) is 1.04. The highest BCUT2D eigenvalue weighted by Gasteiger charge is 2.18. The Morgan fingerprint density at radius 2 is 2.10 bits per heavy atom. The third-order valence-corrected chi connectivity index (χ3v) is 1.28. The predicted molar refractivity (Wildman–Crippen MR) is 40.4 cm³/mol. The minimum absolute atomic E-state index is 0.159. The maximum absolute atomic E-state index is 10.7. The zero-order valence-corrected chi connectivity index (χ0v) is 6.94. The number of carbonyl (C=O) groups excluding carboxylic acids is 1. The van der Waals surface area contributed by atoms with Gasteiger partial charge in [0.2, 0.25) is 0 Å². The Labute approximate surface area is 62.6 Å². The van der Waals surface area contributed by atoms with Crippen LogP contribution in [-0.2, 0) is 9.53 Å². The molecule has 0 rings (SSSR count). The summed E-state index contributed by atoms with van der Waals surface area (Å²) in [5.74, 6) is -0.159. The first-order valence-electron chi connectivity index (χ1n) is 3.53. The van der Waals surface area contributed by atoms with Crippen LogP contribution in [0, 0.1) is 6.92 Å². The van der Waals surface area contributed by atoms with E-state index in [9.17, 15) is 4.79 Å². The number of carbonyl (C=O) groups is 1. The first-order valence-corrected chi connectivity index (χ1v) is 3.53. The summed E-state index contributed by atoms with van der Waals surface area (Å²) < 4.78 is 5.03. The van der Waals surface area contributed by atoms with Gasteiger partial charge in [0.05, 0.1) is 0 Å². The van der Waals surface area contributed by atoms with E-state index in [1.807, 2.05) is 13.8 Å². The molecule has 0 fully saturated rings. The Morgan fingerprint density at radius 3 is 2.40 bits per heavy atom. The summed E-state index contributed by atoms with van der Waals surface area (Å²) in [6.45, 7) is 9.16. The summed E-state index contributed by atoms with van der Waals surface area (Å²) in [7, 11) is 0. The average molecular weight is 143 g/mol. The van der Waals surface area contributed by atoms with Crippen molar-refractivity contribution in [2.75, 3.05) is 0 Å². The standard InChI is InChI=1S/C8H15O2/c1-5-7(9)10-8(3,4)6-2/h2,5-6H2,1,3-4H3. The number of ether oxygens (including phenoxy) is 1. The molecule has 0 aromatic carbocycles. The minimum atomic E-state index is -0.396. The molecule has 0 spiro atoms. The van der Waals surface area contributed by atoms with E-state index >= 15 is 0 Å². The summed E-state index contributed by atoms with van der Waals surface area (Å²) in [4.78, 5) is 10.7. The van der Waals surface area contributed by atoms with Gasteiger partial charge in [-0.15, -0.1) is 0 Å². The Bertz CT molecular complexity index is 116. The quantitative estimate of drug-likeness (QED) is 0.564. The summed E-state index contributed by atoms with van der Waals surface area (Å²) in [6, 6.07) is 0. The molecule has 10 heavy (non-hydrogen) atoms. The smallest absolute Gasteiger partial charge is 0.306 e.